The Bertz CT molecular complexity index is 222. The highest BCUT2D eigenvalue weighted by molar-refractivity contribution is 5.75. The number of carbonyl (C=O) groups excluding carboxylic acids is 1. The Morgan fingerprint density at radius 1 is 1.62 bits per heavy atom. The number of carbonyl (C=O) groups is 1. The summed E-state index contributed by atoms with van der Waals surface area (Å²) in [6.07, 6.45) is 3.06. The topological polar surface area (TPSA) is 61.6 Å². The predicted molar refractivity (Wildman–Crippen MR) is 64.7 cm³/mol. The van der Waals surface area contributed by atoms with Crippen molar-refractivity contribution >= 4 is 5.91 Å². The first-order chi connectivity index (χ1) is 7.67. The second-order valence-corrected chi connectivity index (χ2v) is 4.50. The van der Waals surface area contributed by atoms with Crippen molar-refractivity contribution in [2.45, 2.75) is 32.2 Å². The maximum Gasteiger partial charge on any atom is 0.235 e. The second kappa shape index (κ2) is 6.83. The van der Waals surface area contributed by atoms with E-state index in [9.17, 15) is 4.79 Å². The molecule has 0 saturated carbocycles. The van der Waals surface area contributed by atoms with Gasteiger partial charge in [0, 0.05) is 25.6 Å². The molecule has 0 aliphatic carbocycles. The van der Waals surface area contributed by atoms with Gasteiger partial charge in [0.15, 0.2) is 0 Å². The quantitative estimate of drug-likeness (QED) is 0.375. The molecule has 0 radical (unpaired) electrons. The first-order valence-corrected chi connectivity index (χ1v) is 6.09. The molecule has 1 fully saturated rings. The minimum Gasteiger partial charge on any atom is -0.304 e. The van der Waals surface area contributed by atoms with Gasteiger partial charge in [0.2, 0.25) is 5.91 Å². The summed E-state index contributed by atoms with van der Waals surface area (Å²) in [5, 5.41) is 0. The number of amides is 1. The lowest BCUT2D eigenvalue weighted by Crippen LogP contribution is -2.40. The summed E-state index contributed by atoms with van der Waals surface area (Å²) < 4.78 is 0. The van der Waals surface area contributed by atoms with Crippen molar-refractivity contribution in [1.29, 1.82) is 0 Å². The van der Waals surface area contributed by atoms with E-state index in [-0.39, 0.29) is 5.91 Å². The molecule has 3 N–H and O–H groups in total. The van der Waals surface area contributed by atoms with Crippen molar-refractivity contribution in [2.24, 2.45) is 5.84 Å². The molecule has 1 amide bonds. The van der Waals surface area contributed by atoms with Crippen molar-refractivity contribution in [3.05, 3.63) is 0 Å². The Labute approximate surface area is 97.9 Å². The number of nitrogens with one attached hydrogen (secondary N) is 1. The third-order valence-electron chi connectivity index (χ3n) is 3.31. The summed E-state index contributed by atoms with van der Waals surface area (Å²) in [7, 11) is 2.07. The van der Waals surface area contributed by atoms with Crippen LogP contribution in [0, 0.1) is 0 Å². The smallest absolute Gasteiger partial charge is 0.235 e. The highest BCUT2D eigenvalue weighted by Crippen LogP contribution is 2.17. The van der Waals surface area contributed by atoms with Gasteiger partial charge in [-0.3, -0.25) is 15.1 Å². The third kappa shape index (κ3) is 4.08. The van der Waals surface area contributed by atoms with Crippen LogP contribution in [-0.4, -0.2) is 55.0 Å². The summed E-state index contributed by atoms with van der Waals surface area (Å²) in [6, 6.07) is 0.663. The highest BCUT2D eigenvalue weighted by Gasteiger charge is 2.23. The minimum absolute atomic E-state index is 0.0920. The van der Waals surface area contributed by atoms with E-state index in [0.717, 1.165) is 19.6 Å². The van der Waals surface area contributed by atoms with Crippen molar-refractivity contribution in [2.75, 3.05) is 33.2 Å². The molecule has 1 saturated heterocycles. The van der Waals surface area contributed by atoms with E-state index in [1.807, 2.05) is 0 Å². The average molecular weight is 228 g/mol. The zero-order chi connectivity index (χ0) is 12.0. The number of rotatable bonds is 6. The van der Waals surface area contributed by atoms with Crippen LogP contribution in [0.3, 0.4) is 0 Å². The number of nitrogens with zero attached hydrogens (tertiary/aromatic N) is 2. The van der Waals surface area contributed by atoms with Gasteiger partial charge in [0.05, 0.1) is 0 Å². The molecule has 5 heteroatoms. The number of hydrogen-bond donors (Lipinski definition) is 2. The molecule has 1 rings (SSSR count). The number of hydrogen-bond acceptors (Lipinski definition) is 4. The molecule has 94 valence electrons. The fraction of sp³-hybridized carbons (Fsp3) is 0.909. The number of likely N-dealkylation sites (N-methyl/N-ethyl adjacent to an activating group) is 2. The van der Waals surface area contributed by atoms with Gasteiger partial charge in [-0.05, 0) is 33.0 Å². The van der Waals surface area contributed by atoms with Crippen LogP contribution in [0.15, 0.2) is 0 Å². The van der Waals surface area contributed by atoms with E-state index in [1.165, 1.54) is 19.4 Å². The monoisotopic (exact) mass is 228 g/mol. The molecular weight excluding hydrogens is 204 g/mol. The molecule has 1 atom stereocenters. The van der Waals surface area contributed by atoms with Gasteiger partial charge in [0.25, 0.3) is 0 Å². The van der Waals surface area contributed by atoms with Crippen LogP contribution in [-0.2, 0) is 4.79 Å². The van der Waals surface area contributed by atoms with E-state index in [1.54, 1.807) is 0 Å². The standard InChI is InChI=1S/C11H24N4O/c1-3-15-7-4-5-10(15)9-14(2)8-6-11(16)13-12/h10H,3-9,12H2,1-2H3,(H,13,16). The van der Waals surface area contributed by atoms with Crippen LogP contribution in [0.4, 0.5) is 0 Å². The Balaban J connectivity index is 2.22. The maximum absolute atomic E-state index is 11.0. The van der Waals surface area contributed by atoms with Gasteiger partial charge in [-0.25, -0.2) is 5.84 Å². The van der Waals surface area contributed by atoms with Gasteiger partial charge < -0.3 is 4.90 Å². The molecule has 1 heterocycles. The molecule has 5 nitrogen and oxygen atoms in total. The van der Waals surface area contributed by atoms with Crippen LogP contribution < -0.4 is 11.3 Å². The molecule has 1 aliphatic rings. The van der Waals surface area contributed by atoms with Crippen LogP contribution in [0.2, 0.25) is 0 Å². The third-order valence-corrected chi connectivity index (χ3v) is 3.31. The van der Waals surface area contributed by atoms with Gasteiger partial charge >= 0.3 is 0 Å². The number of nitrogens with two attached hydrogens (primary N) is 1. The first-order valence-electron chi connectivity index (χ1n) is 6.09. The Hall–Kier alpha value is -0.650. The first kappa shape index (κ1) is 13.4. The zero-order valence-electron chi connectivity index (χ0n) is 10.4. The second-order valence-electron chi connectivity index (χ2n) is 4.50. The molecular formula is C11H24N4O. The molecule has 0 aromatic heterocycles. The molecule has 1 unspecified atom stereocenters. The Morgan fingerprint density at radius 3 is 3.00 bits per heavy atom. The largest absolute Gasteiger partial charge is 0.304 e. The maximum atomic E-state index is 11.0. The van der Waals surface area contributed by atoms with E-state index in [4.69, 9.17) is 5.84 Å². The van der Waals surface area contributed by atoms with Crippen molar-refractivity contribution in [3.63, 3.8) is 0 Å². The Morgan fingerprint density at radius 2 is 2.38 bits per heavy atom. The van der Waals surface area contributed by atoms with E-state index >= 15 is 0 Å². The van der Waals surface area contributed by atoms with Gasteiger partial charge in [-0.2, -0.15) is 0 Å². The van der Waals surface area contributed by atoms with Crippen LogP contribution in [0.25, 0.3) is 0 Å². The van der Waals surface area contributed by atoms with Gasteiger partial charge in [0.1, 0.15) is 0 Å². The summed E-state index contributed by atoms with van der Waals surface area (Å²) >= 11 is 0. The van der Waals surface area contributed by atoms with Crippen molar-refractivity contribution in [3.8, 4) is 0 Å². The van der Waals surface area contributed by atoms with E-state index in [0.29, 0.717) is 12.5 Å². The molecule has 0 aromatic rings. The summed E-state index contributed by atoms with van der Waals surface area (Å²) in [6.45, 7) is 6.38. The lowest BCUT2D eigenvalue weighted by molar-refractivity contribution is -0.121. The highest BCUT2D eigenvalue weighted by atomic mass is 16.2. The van der Waals surface area contributed by atoms with Crippen molar-refractivity contribution in [1.82, 2.24) is 15.2 Å². The number of likely N-dealkylation sites (tertiary alicyclic amines) is 1. The lowest BCUT2D eigenvalue weighted by Gasteiger charge is -2.27. The molecule has 1 aliphatic heterocycles. The minimum atomic E-state index is -0.0920. The summed E-state index contributed by atoms with van der Waals surface area (Å²) in [4.78, 5) is 15.7. The fourth-order valence-electron chi connectivity index (χ4n) is 2.33. The van der Waals surface area contributed by atoms with Crippen LogP contribution >= 0.6 is 0 Å². The van der Waals surface area contributed by atoms with Gasteiger partial charge in [-0.15, -0.1) is 0 Å². The molecule has 0 spiro atoms. The molecule has 0 aromatic carbocycles. The molecule has 0 bridgehead atoms. The fourth-order valence-corrected chi connectivity index (χ4v) is 2.33. The molecule has 16 heavy (non-hydrogen) atoms. The van der Waals surface area contributed by atoms with E-state index in [2.05, 4.69) is 29.2 Å². The summed E-state index contributed by atoms with van der Waals surface area (Å²) in [5.74, 6) is 4.95. The normalized spacial score (nSPS) is 21.6. The Kier molecular flexibility index (Phi) is 5.73. The number of hydrazine groups is 1. The SMILES string of the molecule is CCN1CCCC1CN(C)CCC(=O)NN. The lowest BCUT2D eigenvalue weighted by atomic mass is 10.2. The van der Waals surface area contributed by atoms with Crippen LogP contribution in [0.5, 0.6) is 0 Å². The average Bonchev–Trinajstić information content (AvgIpc) is 2.73. The van der Waals surface area contributed by atoms with Crippen LogP contribution in [0.1, 0.15) is 26.2 Å². The predicted octanol–water partition coefficient (Wildman–Crippen LogP) is -0.217. The van der Waals surface area contributed by atoms with Gasteiger partial charge in [-0.1, -0.05) is 6.92 Å². The zero-order valence-corrected chi connectivity index (χ0v) is 10.4. The summed E-state index contributed by atoms with van der Waals surface area (Å²) in [5.41, 5.74) is 2.16. The van der Waals surface area contributed by atoms with E-state index < -0.39 is 0 Å². The van der Waals surface area contributed by atoms with Crippen molar-refractivity contribution < 1.29 is 4.79 Å².